The Morgan fingerprint density at radius 1 is 1.06 bits per heavy atom. The smallest absolute Gasteiger partial charge is 0.334 e. The molecule has 32 heavy (non-hydrogen) atoms. The minimum Gasteiger partial charge on any atom is -0.334 e. The average Bonchev–Trinajstić information content (AvgIpc) is 2.74. The Labute approximate surface area is 186 Å². The maximum atomic E-state index is 12.8. The highest BCUT2D eigenvalue weighted by Crippen LogP contribution is 2.36. The van der Waals surface area contributed by atoms with Crippen molar-refractivity contribution in [3.8, 4) is 0 Å². The van der Waals surface area contributed by atoms with E-state index >= 15 is 0 Å². The summed E-state index contributed by atoms with van der Waals surface area (Å²) in [6.45, 7) is 2.10. The van der Waals surface area contributed by atoms with Gasteiger partial charge in [0.2, 0.25) is 11.6 Å². The van der Waals surface area contributed by atoms with E-state index in [9.17, 15) is 23.3 Å². The average molecular weight is 467 g/mol. The molecule has 0 saturated heterocycles. The fourth-order valence-electron chi connectivity index (χ4n) is 2.80. The largest absolute Gasteiger partial charge is 0.417 e. The summed E-state index contributed by atoms with van der Waals surface area (Å²) >= 11 is 5.88. The molecule has 0 aliphatic rings. The monoisotopic (exact) mass is 466 g/mol. The first kappa shape index (κ1) is 23.2. The van der Waals surface area contributed by atoms with E-state index in [4.69, 9.17) is 11.6 Å². The number of unbranched alkanes of at least 4 members (excludes halogenated alkanes) is 1. The number of aryl methyl sites for hydroxylation is 1. The topological polar surface area (TPSA) is 106 Å². The summed E-state index contributed by atoms with van der Waals surface area (Å²) < 4.78 is 38.4. The van der Waals surface area contributed by atoms with Gasteiger partial charge in [-0.05, 0) is 36.6 Å². The molecular formula is C20H18ClF3N6O2. The molecule has 3 rings (SSSR count). The molecule has 0 aliphatic heterocycles. The van der Waals surface area contributed by atoms with Crippen LogP contribution in [0.4, 0.5) is 42.0 Å². The zero-order valence-corrected chi connectivity index (χ0v) is 17.5. The minimum atomic E-state index is -4.63. The van der Waals surface area contributed by atoms with Crippen LogP contribution in [0.2, 0.25) is 5.02 Å². The second-order valence-electron chi connectivity index (χ2n) is 6.78. The Morgan fingerprint density at radius 3 is 2.28 bits per heavy atom. The molecule has 3 aromatic rings. The number of benzene rings is 1. The fraction of sp³-hybridized carbons (Fsp3) is 0.250. The van der Waals surface area contributed by atoms with Crippen LogP contribution in [0, 0.1) is 10.1 Å². The van der Waals surface area contributed by atoms with Crippen LogP contribution in [0.5, 0.6) is 0 Å². The number of rotatable bonds is 8. The van der Waals surface area contributed by atoms with Crippen LogP contribution in [-0.4, -0.2) is 19.9 Å². The van der Waals surface area contributed by atoms with Gasteiger partial charge in [-0.2, -0.15) is 13.2 Å². The number of hydrogen-bond donors (Lipinski definition) is 2. The molecule has 0 bridgehead atoms. The highest BCUT2D eigenvalue weighted by Gasteiger charge is 2.32. The normalized spacial score (nSPS) is 11.3. The van der Waals surface area contributed by atoms with Crippen molar-refractivity contribution in [3.63, 3.8) is 0 Å². The zero-order chi connectivity index (χ0) is 23.3. The van der Waals surface area contributed by atoms with Gasteiger partial charge in [0.1, 0.15) is 6.33 Å². The first-order valence-corrected chi connectivity index (χ1v) is 9.92. The number of nitrogens with one attached hydrogen (secondary N) is 2. The summed E-state index contributed by atoms with van der Waals surface area (Å²) in [4.78, 5) is 22.4. The standard InChI is InChI=1S/C20H18ClF3N6O2/c1-2-3-4-12-5-7-14(8-6-12)28-18-16(30(31)32)19(27-11-26-18)29-17-15(21)9-13(10-25-17)20(22,23)24/h5-11H,2-4H2,1H3,(H2,25,26,27,28,29). The lowest BCUT2D eigenvalue weighted by atomic mass is 10.1. The number of hydrogen-bond acceptors (Lipinski definition) is 7. The Bertz CT molecular complexity index is 1110. The Balaban J connectivity index is 1.88. The molecule has 0 spiro atoms. The number of anilines is 4. The van der Waals surface area contributed by atoms with E-state index in [1.807, 2.05) is 12.1 Å². The van der Waals surface area contributed by atoms with Gasteiger partial charge in [0.05, 0.1) is 15.5 Å². The number of pyridine rings is 1. The number of aromatic nitrogens is 3. The van der Waals surface area contributed by atoms with Crippen molar-refractivity contribution in [2.45, 2.75) is 32.4 Å². The van der Waals surface area contributed by atoms with Crippen molar-refractivity contribution in [3.05, 3.63) is 69.1 Å². The lowest BCUT2D eigenvalue weighted by molar-refractivity contribution is -0.383. The van der Waals surface area contributed by atoms with Crippen LogP contribution in [0.3, 0.4) is 0 Å². The quantitative estimate of drug-likeness (QED) is 0.297. The molecule has 0 saturated carbocycles. The Kier molecular flexibility index (Phi) is 7.08. The summed E-state index contributed by atoms with van der Waals surface area (Å²) in [5.74, 6) is -0.592. The highest BCUT2D eigenvalue weighted by molar-refractivity contribution is 6.33. The van der Waals surface area contributed by atoms with E-state index in [2.05, 4.69) is 32.5 Å². The van der Waals surface area contributed by atoms with Crippen molar-refractivity contribution in [2.75, 3.05) is 10.6 Å². The van der Waals surface area contributed by atoms with Crippen LogP contribution in [-0.2, 0) is 12.6 Å². The van der Waals surface area contributed by atoms with Gasteiger partial charge >= 0.3 is 11.9 Å². The van der Waals surface area contributed by atoms with Gasteiger partial charge in [0, 0.05) is 11.9 Å². The predicted octanol–water partition coefficient (Wildman–Crippen LogP) is 6.28. The third kappa shape index (κ3) is 5.61. The number of nitrogens with zero attached hydrogens (tertiary/aromatic N) is 4. The molecule has 12 heteroatoms. The van der Waals surface area contributed by atoms with Gasteiger partial charge in [-0.15, -0.1) is 0 Å². The molecule has 0 amide bonds. The molecule has 0 unspecified atom stereocenters. The fourth-order valence-corrected chi connectivity index (χ4v) is 3.02. The molecule has 0 atom stereocenters. The van der Waals surface area contributed by atoms with Gasteiger partial charge in [-0.1, -0.05) is 37.1 Å². The van der Waals surface area contributed by atoms with Gasteiger partial charge in [0.15, 0.2) is 5.82 Å². The van der Waals surface area contributed by atoms with E-state index in [0.29, 0.717) is 18.0 Å². The molecule has 2 N–H and O–H groups in total. The molecular weight excluding hydrogens is 449 g/mol. The summed E-state index contributed by atoms with van der Waals surface area (Å²) in [6.07, 6.45) is 0.0743. The molecule has 2 aromatic heterocycles. The van der Waals surface area contributed by atoms with E-state index in [-0.39, 0.29) is 22.5 Å². The van der Waals surface area contributed by atoms with Gasteiger partial charge < -0.3 is 10.6 Å². The van der Waals surface area contributed by atoms with Crippen molar-refractivity contribution in [1.29, 1.82) is 0 Å². The van der Waals surface area contributed by atoms with Crippen molar-refractivity contribution in [2.24, 2.45) is 0 Å². The maximum Gasteiger partial charge on any atom is 0.417 e. The number of alkyl halides is 3. The molecule has 2 heterocycles. The second-order valence-corrected chi connectivity index (χ2v) is 7.19. The van der Waals surface area contributed by atoms with E-state index < -0.39 is 22.4 Å². The molecule has 0 radical (unpaired) electrons. The first-order chi connectivity index (χ1) is 15.2. The summed E-state index contributed by atoms with van der Waals surface area (Å²) in [5.41, 5.74) is 0.152. The van der Waals surface area contributed by atoms with Gasteiger partial charge in [0.25, 0.3) is 0 Å². The summed E-state index contributed by atoms with van der Waals surface area (Å²) in [5, 5.41) is 16.7. The van der Waals surface area contributed by atoms with Crippen molar-refractivity contribution < 1.29 is 18.1 Å². The highest BCUT2D eigenvalue weighted by atomic mass is 35.5. The van der Waals surface area contributed by atoms with Gasteiger partial charge in [-0.25, -0.2) is 15.0 Å². The number of nitro groups is 1. The van der Waals surface area contributed by atoms with E-state index in [0.717, 1.165) is 31.2 Å². The molecule has 0 aliphatic carbocycles. The van der Waals surface area contributed by atoms with Crippen LogP contribution in [0.15, 0.2) is 42.9 Å². The van der Waals surface area contributed by atoms with Crippen LogP contribution in [0.25, 0.3) is 0 Å². The molecule has 1 aromatic carbocycles. The van der Waals surface area contributed by atoms with E-state index in [1.54, 1.807) is 12.1 Å². The van der Waals surface area contributed by atoms with Crippen molar-refractivity contribution >= 4 is 40.4 Å². The van der Waals surface area contributed by atoms with Crippen LogP contribution >= 0.6 is 11.6 Å². The van der Waals surface area contributed by atoms with Gasteiger partial charge in [-0.3, -0.25) is 10.1 Å². The summed E-state index contributed by atoms with van der Waals surface area (Å²) in [6, 6.07) is 8.05. The predicted molar refractivity (Wildman–Crippen MR) is 115 cm³/mol. The van der Waals surface area contributed by atoms with Crippen molar-refractivity contribution in [1.82, 2.24) is 15.0 Å². The maximum absolute atomic E-state index is 12.8. The molecule has 168 valence electrons. The zero-order valence-electron chi connectivity index (χ0n) is 16.8. The first-order valence-electron chi connectivity index (χ1n) is 9.54. The van der Waals surface area contributed by atoms with E-state index in [1.165, 1.54) is 0 Å². The minimum absolute atomic E-state index is 0.100. The van der Waals surface area contributed by atoms with Crippen LogP contribution in [0.1, 0.15) is 30.9 Å². The molecule has 0 fully saturated rings. The lowest BCUT2D eigenvalue weighted by Crippen LogP contribution is -2.08. The SMILES string of the molecule is CCCCc1ccc(Nc2ncnc(Nc3ncc(C(F)(F)F)cc3Cl)c2[N+](=O)[O-])cc1. The second kappa shape index (κ2) is 9.77. The Hall–Kier alpha value is -3.47. The third-order valence-corrected chi connectivity index (χ3v) is 4.73. The lowest BCUT2D eigenvalue weighted by Gasteiger charge is -2.12. The summed E-state index contributed by atoms with van der Waals surface area (Å²) in [7, 11) is 0. The Morgan fingerprint density at radius 2 is 1.72 bits per heavy atom. The van der Waals surface area contributed by atoms with Crippen LogP contribution < -0.4 is 10.6 Å². The number of halogens is 4. The molecule has 8 nitrogen and oxygen atoms in total. The third-order valence-electron chi connectivity index (χ3n) is 4.45.